The molecule has 0 saturated heterocycles. The van der Waals surface area contributed by atoms with Gasteiger partial charge in [-0.1, -0.05) is 0 Å². The Kier molecular flexibility index (Phi) is 5.60. The summed E-state index contributed by atoms with van der Waals surface area (Å²) >= 11 is 0. The van der Waals surface area contributed by atoms with Crippen LogP contribution in [0.2, 0.25) is 0 Å². The number of carbonyl (C=O) groups excluding carboxylic acids is 2. The SMILES string of the molecule is COc1ccc(NC(=O)CNCC2CC2)cc1OCC(N)=O. The predicted molar refractivity (Wildman–Crippen MR) is 81.9 cm³/mol. The van der Waals surface area contributed by atoms with Crippen molar-refractivity contribution in [3.8, 4) is 11.5 Å². The van der Waals surface area contributed by atoms with E-state index in [1.807, 2.05) is 0 Å². The summed E-state index contributed by atoms with van der Waals surface area (Å²) in [6.45, 7) is 0.889. The number of anilines is 1. The second-order valence-corrected chi connectivity index (χ2v) is 5.24. The first-order valence-electron chi connectivity index (χ1n) is 7.18. The minimum atomic E-state index is -0.583. The first-order chi connectivity index (χ1) is 10.6. The maximum Gasteiger partial charge on any atom is 0.255 e. The molecular weight excluding hydrogens is 286 g/mol. The van der Waals surface area contributed by atoms with Crippen LogP contribution in [0.4, 0.5) is 5.69 Å². The Morgan fingerprint density at radius 3 is 2.73 bits per heavy atom. The molecule has 120 valence electrons. The van der Waals surface area contributed by atoms with Gasteiger partial charge >= 0.3 is 0 Å². The summed E-state index contributed by atoms with van der Waals surface area (Å²) in [5.41, 5.74) is 5.62. The lowest BCUT2D eigenvalue weighted by Gasteiger charge is -2.12. The van der Waals surface area contributed by atoms with Crippen LogP contribution in [0.15, 0.2) is 18.2 Å². The lowest BCUT2D eigenvalue weighted by atomic mass is 10.2. The van der Waals surface area contributed by atoms with Gasteiger partial charge in [0.2, 0.25) is 5.91 Å². The third-order valence-corrected chi connectivity index (χ3v) is 3.23. The van der Waals surface area contributed by atoms with Crippen molar-refractivity contribution in [2.75, 3.05) is 32.1 Å². The fourth-order valence-electron chi connectivity index (χ4n) is 1.93. The Labute approximate surface area is 129 Å². The number of amides is 2. The molecule has 1 fully saturated rings. The van der Waals surface area contributed by atoms with Crippen molar-refractivity contribution >= 4 is 17.5 Å². The molecule has 22 heavy (non-hydrogen) atoms. The molecule has 0 aromatic heterocycles. The van der Waals surface area contributed by atoms with Gasteiger partial charge in [0.25, 0.3) is 5.91 Å². The van der Waals surface area contributed by atoms with E-state index in [0.29, 0.717) is 17.2 Å². The molecular formula is C15H21N3O4. The lowest BCUT2D eigenvalue weighted by Crippen LogP contribution is -2.29. The third kappa shape index (κ3) is 5.25. The number of hydrogen-bond donors (Lipinski definition) is 3. The topological polar surface area (TPSA) is 103 Å². The number of primary amides is 1. The number of ether oxygens (including phenoxy) is 2. The van der Waals surface area contributed by atoms with Crippen LogP contribution in [0.25, 0.3) is 0 Å². The maximum absolute atomic E-state index is 11.8. The number of benzene rings is 1. The predicted octanol–water partition coefficient (Wildman–Crippen LogP) is 0.497. The molecule has 0 aliphatic heterocycles. The van der Waals surface area contributed by atoms with Gasteiger partial charge in [0, 0.05) is 11.8 Å². The van der Waals surface area contributed by atoms with Gasteiger partial charge in [0.05, 0.1) is 13.7 Å². The van der Waals surface area contributed by atoms with Crippen molar-refractivity contribution in [1.29, 1.82) is 0 Å². The molecule has 2 amide bonds. The van der Waals surface area contributed by atoms with Crippen molar-refractivity contribution in [3.05, 3.63) is 18.2 Å². The van der Waals surface area contributed by atoms with Crippen LogP contribution in [-0.4, -0.2) is 38.6 Å². The van der Waals surface area contributed by atoms with Crippen molar-refractivity contribution in [2.24, 2.45) is 11.7 Å². The number of nitrogens with one attached hydrogen (secondary N) is 2. The summed E-state index contributed by atoms with van der Waals surface area (Å²) in [5.74, 6) is 0.825. The molecule has 2 rings (SSSR count). The highest BCUT2D eigenvalue weighted by atomic mass is 16.5. The molecule has 4 N–H and O–H groups in total. The zero-order valence-corrected chi connectivity index (χ0v) is 12.6. The van der Waals surface area contributed by atoms with Crippen molar-refractivity contribution in [3.63, 3.8) is 0 Å². The van der Waals surface area contributed by atoms with Crippen LogP contribution >= 0.6 is 0 Å². The van der Waals surface area contributed by atoms with Crippen molar-refractivity contribution in [2.45, 2.75) is 12.8 Å². The fraction of sp³-hybridized carbons (Fsp3) is 0.467. The Balaban J connectivity index is 1.89. The van der Waals surface area contributed by atoms with Gasteiger partial charge in [-0.2, -0.15) is 0 Å². The standard InChI is InChI=1S/C15H21N3O4/c1-21-12-5-4-11(6-13(12)22-9-14(16)19)18-15(20)8-17-7-10-2-3-10/h4-6,10,17H,2-3,7-9H2,1H3,(H2,16,19)(H,18,20). The summed E-state index contributed by atoms with van der Waals surface area (Å²) in [5, 5.41) is 5.88. The maximum atomic E-state index is 11.8. The lowest BCUT2D eigenvalue weighted by molar-refractivity contribution is -0.120. The summed E-state index contributed by atoms with van der Waals surface area (Å²) < 4.78 is 10.4. The second kappa shape index (κ2) is 7.65. The van der Waals surface area contributed by atoms with Crippen LogP contribution in [0, 0.1) is 5.92 Å². The molecule has 0 atom stereocenters. The quantitative estimate of drug-likeness (QED) is 0.616. The number of hydrogen-bond acceptors (Lipinski definition) is 5. The van der Waals surface area contributed by atoms with Crippen LogP contribution in [-0.2, 0) is 9.59 Å². The molecule has 1 saturated carbocycles. The van der Waals surface area contributed by atoms with Gasteiger partial charge in [-0.15, -0.1) is 0 Å². The minimum absolute atomic E-state index is 0.133. The van der Waals surface area contributed by atoms with Gasteiger partial charge in [-0.25, -0.2) is 0 Å². The molecule has 7 nitrogen and oxygen atoms in total. The summed E-state index contributed by atoms with van der Waals surface area (Å²) in [7, 11) is 1.49. The molecule has 1 aromatic rings. The van der Waals surface area contributed by atoms with Gasteiger partial charge in [0.15, 0.2) is 18.1 Å². The van der Waals surface area contributed by atoms with Gasteiger partial charge in [-0.05, 0) is 37.4 Å². The summed E-state index contributed by atoms with van der Waals surface area (Å²) in [6, 6.07) is 4.96. The van der Waals surface area contributed by atoms with Crippen molar-refractivity contribution in [1.82, 2.24) is 5.32 Å². The second-order valence-electron chi connectivity index (χ2n) is 5.24. The van der Waals surface area contributed by atoms with E-state index < -0.39 is 5.91 Å². The molecule has 0 radical (unpaired) electrons. The highest BCUT2D eigenvalue weighted by Crippen LogP contribution is 2.30. The Morgan fingerprint density at radius 2 is 2.09 bits per heavy atom. The first-order valence-corrected chi connectivity index (χ1v) is 7.18. The normalized spacial score (nSPS) is 13.5. The van der Waals surface area contributed by atoms with Crippen LogP contribution < -0.4 is 25.8 Å². The van der Waals surface area contributed by atoms with E-state index in [1.54, 1.807) is 18.2 Å². The smallest absolute Gasteiger partial charge is 0.255 e. The molecule has 0 heterocycles. The Bertz CT molecular complexity index is 544. The molecule has 7 heteroatoms. The number of carbonyl (C=O) groups is 2. The zero-order valence-electron chi connectivity index (χ0n) is 12.6. The van der Waals surface area contributed by atoms with Crippen LogP contribution in [0.1, 0.15) is 12.8 Å². The van der Waals surface area contributed by atoms with Crippen LogP contribution in [0.3, 0.4) is 0 Å². The molecule has 0 spiro atoms. The zero-order chi connectivity index (χ0) is 15.9. The van der Waals surface area contributed by atoms with E-state index in [2.05, 4.69) is 10.6 Å². The van der Waals surface area contributed by atoms with E-state index in [4.69, 9.17) is 15.2 Å². The molecule has 0 bridgehead atoms. The largest absolute Gasteiger partial charge is 0.493 e. The van der Waals surface area contributed by atoms with E-state index >= 15 is 0 Å². The van der Waals surface area contributed by atoms with E-state index in [-0.39, 0.29) is 19.1 Å². The van der Waals surface area contributed by atoms with Gasteiger partial charge < -0.3 is 25.8 Å². The van der Waals surface area contributed by atoms with E-state index in [9.17, 15) is 9.59 Å². The number of rotatable bonds is 9. The highest BCUT2D eigenvalue weighted by molar-refractivity contribution is 5.92. The monoisotopic (exact) mass is 307 g/mol. The molecule has 1 aromatic carbocycles. The highest BCUT2D eigenvalue weighted by Gasteiger charge is 2.20. The Hall–Kier alpha value is -2.28. The van der Waals surface area contributed by atoms with Crippen molar-refractivity contribution < 1.29 is 19.1 Å². The fourth-order valence-corrected chi connectivity index (χ4v) is 1.93. The average molecular weight is 307 g/mol. The van der Waals surface area contributed by atoms with E-state index in [1.165, 1.54) is 20.0 Å². The van der Waals surface area contributed by atoms with Gasteiger partial charge in [-0.3, -0.25) is 9.59 Å². The van der Waals surface area contributed by atoms with Gasteiger partial charge in [0.1, 0.15) is 0 Å². The molecule has 1 aliphatic rings. The number of methoxy groups -OCH3 is 1. The molecule has 0 unspecified atom stereocenters. The van der Waals surface area contributed by atoms with Crippen LogP contribution in [0.5, 0.6) is 11.5 Å². The molecule has 1 aliphatic carbocycles. The minimum Gasteiger partial charge on any atom is -0.493 e. The number of nitrogens with two attached hydrogens (primary N) is 1. The van der Waals surface area contributed by atoms with E-state index in [0.717, 1.165) is 12.5 Å². The first kappa shape index (κ1) is 16.1. The average Bonchev–Trinajstić information content (AvgIpc) is 3.29. The summed E-state index contributed by atoms with van der Waals surface area (Å²) in [6.07, 6.45) is 2.49. The summed E-state index contributed by atoms with van der Waals surface area (Å²) in [4.78, 5) is 22.6. The Morgan fingerprint density at radius 1 is 1.32 bits per heavy atom. The third-order valence-electron chi connectivity index (χ3n) is 3.23.